The summed E-state index contributed by atoms with van der Waals surface area (Å²) in [5.74, 6) is -0.915. The fourth-order valence-electron chi connectivity index (χ4n) is 5.01. The fraction of sp³-hybridized carbons (Fsp3) is 0.176. The van der Waals surface area contributed by atoms with Gasteiger partial charge < -0.3 is 19.3 Å². The summed E-state index contributed by atoms with van der Waals surface area (Å²) in [4.78, 5) is 31.2. The first-order valence-corrected chi connectivity index (χ1v) is 13.4. The van der Waals surface area contributed by atoms with Crippen molar-refractivity contribution in [2.75, 3.05) is 14.2 Å². The van der Waals surface area contributed by atoms with Crippen molar-refractivity contribution in [3.63, 3.8) is 0 Å². The maximum atomic E-state index is 14.1. The van der Waals surface area contributed by atoms with Crippen molar-refractivity contribution in [1.82, 2.24) is 9.80 Å². The average molecular weight is 569 g/mol. The first kappa shape index (κ1) is 28.5. The minimum absolute atomic E-state index is 0.0729. The van der Waals surface area contributed by atoms with Gasteiger partial charge in [0.15, 0.2) is 0 Å². The highest BCUT2D eigenvalue weighted by Gasteiger charge is 2.37. The van der Waals surface area contributed by atoms with Crippen LogP contribution in [0.25, 0.3) is 0 Å². The van der Waals surface area contributed by atoms with E-state index in [1.807, 2.05) is 36.4 Å². The Hall–Kier alpha value is -4.98. The summed E-state index contributed by atoms with van der Waals surface area (Å²) in [6, 6.07) is 25.1. The van der Waals surface area contributed by atoms with Gasteiger partial charge in [0.1, 0.15) is 23.1 Å². The first-order valence-electron chi connectivity index (χ1n) is 13.4. The van der Waals surface area contributed by atoms with E-state index in [0.717, 1.165) is 11.1 Å². The van der Waals surface area contributed by atoms with Gasteiger partial charge in [0.05, 0.1) is 26.3 Å². The first-order chi connectivity index (χ1) is 20.4. The summed E-state index contributed by atoms with van der Waals surface area (Å²) >= 11 is 0. The Morgan fingerprint density at radius 3 is 1.19 bits per heavy atom. The molecule has 0 radical (unpaired) electrons. The van der Waals surface area contributed by atoms with Crippen molar-refractivity contribution < 1.29 is 27.8 Å². The molecule has 0 spiro atoms. The summed E-state index contributed by atoms with van der Waals surface area (Å²) in [5, 5.41) is 0. The quantitative estimate of drug-likeness (QED) is 0.183. The summed E-state index contributed by atoms with van der Waals surface area (Å²) in [6.45, 7) is 0.146. The van der Waals surface area contributed by atoms with E-state index in [0.29, 0.717) is 22.6 Å². The minimum Gasteiger partial charge on any atom is -0.497 e. The predicted molar refractivity (Wildman–Crippen MR) is 155 cm³/mol. The average Bonchev–Trinajstić information content (AvgIpc) is 3.02. The molecule has 1 aliphatic heterocycles. The third kappa shape index (κ3) is 6.33. The lowest BCUT2D eigenvalue weighted by atomic mass is 9.96. The molecule has 2 unspecified atom stereocenters. The fourth-order valence-corrected chi connectivity index (χ4v) is 5.01. The van der Waals surface area contributed by atoms with Crippen LogP contribution in [0.5, 0.6) is 11.5 Å². The van der Waals surface area contributed by atoms with Gasteiger partial charge in [-0.1, -0.05) is 60.7 Å². The number of carbonyl (C=O) groups is 2. The lowest BCUT2D eigenvalue weighted by Crippen LogP contribution is -2.48. The van der Waals surface area contributed by atoms with Crippen LogP contribution in [-0.2, 0) is 22.7 Å². The van der Waals surface area contributed by atoms with Gasteiger partial charge in [-0.3, -0.25) is 9.59 Å². The van der Waals surface area contributed by atoms with Crippen LogP contribution in [0.2, 0.25) is 0 Å². The van der Waals surface area contributed by atoms with Gasteiger partial charge in [-0.05, 0) is 70.8 Å². The number of carbonyl (C=O) groups excluding carboxylic acids is 2. The molecule has 5 rings (SSSR count). The van der Waals surface area contributed by atoms with E-state index in [-0.39, 0.29) is 13.1 Å². The standard InChI is InChI=1S/C34H30F2N2O4/c1-41-29-15-7-25(8-16-29)31-19-20-32(26-9-17-30(42-2)18-10-26)38(22-24-5-13-28(36)14-6-24)34(40)33(39)37(31)21-23-3-11-27(35)12-4-23/h3-20,31-32H,21-22H2,1-2H3/b20-19-. The number of benzene rings is 4. The smallest absolute Gasteiger partial charge is 0.313 e. The van der Waals surface area contributed by atoms with E-state index in [2.05, 4.69) is 0 Å². The Morgan fingerprint density at radius 1 is 0.548 bits per heavy atom. The van der Waals surface area contributed by atoms with Crippen molar-refractivity contribution in [1.29, 1.82) is 0 Å². The van der Waals surface area contributed by atoms with E-state index >= 15 is 0 Å². The molecule has 0 aromatic heterocycles. The molecule has 4 aromatic rings. The highest BCUT2D eigenvalue weighted by molar-refractivity contribution is 6.35. The Kier molecular flexibility index (Phi) is 8.62. The Morgan fingerprint density at radius 2 is 0.881 bits per heavy atom. The maximum absolute atomic E-state index is 14.1. The van der Waals surface area contributed by atoms with Crippen LogP contribution in [0, 0.1) is 11.6 Å². The zero-order chi connectivity index (χ0) is 29.6. The maximum Gasteiger partial charge on any atom is 0.313 e. The summed E-state index contributed by atoms with van der Waals surface area (Å²) < 4.78 is 38.0. The second kappa shape index (κ2) is 12.7. The van der Waals surface area contributed by atoms with Crippen molar-refractivity contribution in [3.8, 4) is 11.5 Å². The van der Waals surface area contributed by atoms with Gasteiger partial charge in [0.25, 0.3) is 0 Å². The number of rotatable bonds is 8. The number of hydrogen-bond acceptors (Lipinski definition) is 4. The molecule has 0 N–H and O–H groups in total. The van der Waals surface area contributed by atoms with Crippen LogP contribution in [0.3, 0.4) is 0 Å². The van der Waals surface area contributed by atoms with Crippen LogP contribution in [0.1, 0.15) is 34.3 Å². The van der Waals surface area contributed by atoms with Crippen LogP contribution < -0.4 is 9.47 Å². The molecule has 6 nitrogen and oxygen atoms in total. The van der Waals surface area contributed by atoms with Crippen molar-refractivity contribution in [2.45, 2.75) is 25.2 Å². The second-order valence-corrected chi connectivity index (χ2v) is 9.94. The minimum atomic E-state index is -0.717. The Labute approximate surface area is 243 Å². The molecule has 0 aliphatic carbocycles. The van der Waals surface area contributed by atoms with Crippen molar-refractivity contribution in [3.05, 3.63) is 143 Å². The number of nitrogens with zero attached hydrogens (tertiary/aromatic N) is 2. The van der Waals surface area contributed by atoms with E-state index in [1.54, 1.807) is 62.8 Å². The van der Waals surface area contributed by atoms with Crippen LogP contribution in [-0.4, -0.2) is 35.8 Å². The summed E-state index contributed by atoms with van der Waals surface area (Å²) in [7, 11) is 3.14. The van der Waals surface area contributed by atoms with E-state index in [9.17, 15) is 18.4 Å². The molecule has 0 fully saturated rings. The van der Waals surface area contributed by atoms with Gasteiger partial charge >= 0.3 is 11.8 Å². The molecule has 0 saturated heterocycles. The van der Waals surface area contributed by atoms with Crippen LogP contribution in [0.15, 0.2) is 109 Å². The molecule has 8 heteroatoms. The normalized spacial score (nSPS) is 17.9. The van der Waals surface area contributed by atoms with Gasteiger partial charge in [0, 0.05) is 13.1 Å². The van der Waals surface area contributed by atoms with Gasteiger partial charge in [-0.2, -0.15) is 0 Å². The van der Waals surface area contributed by atoms with Crippen LogP contribution >= 0.6 is 0 Å². The Bertz CT molecular complexity index is 1430. The number of methoxy groups -OCH3 is 2. The molecule has 1 aliphatic rings. The predicted octanol–water partition coefficient (Wildman–Crippen LogP) is 6.39. The molecule has 0 saturated carbocycles. The summed E-state index contributed by atoms with van der Waals surface area (Å²) in [6.07, 6.45) is 3.81. The number of hydrogen-bond donors (Lipinski definition) is 0. The molecule has 2 amide bonds. The summed E-state index contributed by atoms with van der Waals surface area (Å²) in [5.41, 5.74) is 2.88. The molecule has 42 heavy (non-hydrogen) atoms. The highest BCUT2D eigenvalue weighted by atomic mass is 19.1. The SMILES string of the molecule is COc1ccc(C2/C=C\C(c3ccc(OC)cc3)N(Cc3ccc(F)cc3)C(=O)C(=O)N2Cc2ccc(F)cc2)cc1. The van der Waals surface area contributed by atoms with E-state index in [1.165, 1.54) is 34.1 Å². The third-order valence-electron chi connectivity index (χ3n) is 7.30. The van der Waals surface area contributed by atoms with Crippen LogP contribution in [0.4, 0.5) is 8.78 Å². The monoisotopic (exact) mass is 568 g/mol. The highest BCUT2D eigenvalue weighted by Crippen LogP contribution is 2.34. The lowest BCUT2D eigenvalue weighted by molar-refractivity contribution is -0.155. The van der Waals surface area contributed by atoms with E-state index < -0.39 is 35.5 Å². The van der Waals surface area contributed by atoms with E-state index in [4.69, 9.17) is 9.47 Å². The topological polar surface area (TPSA) is 59.1 Å². The molecule has 1 heterocycles. The number of halogens is 2. The molecule has 4 aromatic carbocycles. The zero-order valence-electron chi connectivity index (χ0n) is 23.2. The molecular weight excluding hydrogens is 538 g/mol. The Balaban J connectivity index is 1.62. The van der Waals surface area contributed by atoms with Crippen molar-refractivity contribution in [2.24, 2.45) is 0 Å². The number of ether oxygens (including phenoxy) is 2. The van der Waals surface area contributed by atoms with Crippen molar-refractivity contribution >= 4 is 11.8 Å². The number of amides is 2. The lowest BCUT2D eigenvalue weighted by Gasteiger charge is -2.37. The molecule has 2 atom stereocenters. The second-order valence-electron chi connectivity index (χ2n) is 9.94. The molecule has 214 valence electrons. The molecular formula is C34H30F2N2O4. The van der Waals surface area contributed by atoms with Gasteiger partial charge in [-0.25, -0.2) is 8.78 Å². The van der Waals surface area contributed by atoms with Gasteiger partial charge in [0.2, 0.25) is 0 Å². The van der Waals surface area contributed by atoms with Gasteiger partial charge in [-0.15, -0.1) is 0 Å². The molecule has 0 bridgehead atoms. The zero-order valence-corrected chi connectivity index (χ0v) is 23.2. The third-order valence-corrected chi connectivity index (χ3v) is 7.30. The largest absolute Gasteiger partial charge is 0.497 e.